The number of esters is 2. The second kappa shape index (κ2) is 9.18. The third-order valence-electron chi connectivity index (χ3n) is 5.06. The summed E-state index contributed by atoms with van der Waals surface area (Å²) in [5.41, 5.74) is 1.77. The highest BCUT2D eigenvalue weighted by Gasteiger charge is 2.40. The molecule has 0 bridgehead atoms. The predicted octanol–water partition coefficient (Wildman–Crippen LogP) is 1.93. The minimum atomic E-state index is -0.606. The van der Waals surface area contributed by atoms with Crippen molar-refractivity contribution >= 4 is 28.9 Å². The molecular weight excluding hydrogens is 418 g/mol. The Hall–Kier alpha value is -3.73. The number of nitrogens with one attached hydrogen (secondary N) is 1. The highest BCUT2D eigenvalue weighted by molar-refractivity contribution is 5.82. The van der Waals surface area contributed by atoms with Gasteiger partial charge in [-0.15, -0.1) is 0 Å². The molecule has 0 amide bonds. The van der Waals surface area contributed by atoms with Crippen molar-refractivity contribution in [2.45, 2.75) is 45.2 Å². The first-order chi connectivity index (χ1) is 15.4. The molecule has 2 aromatic heterocycles. The van der Waals surface area contributed by atoms with Gasteiger partial charge in [-0.3, -0.25) is 14.2 Å². The van der Waals surface area contributed by atoms with Crippen LogP contribution in [0.25, 0.3) is 11.2 Å². The number of aromatic hydroxyl groups is 1. The summed E-state index contributed by atoms with van der Waals surface area (Å²) in [5, 5.41) is 13.1. The van der Waals surface area contributed by atoms with Crippen LogP contribution in [0.2, 0.25) is 0 Å². The fourth-order valence-corrected chi connectivity index (χ4v) is 3.59. The number of para-hydroxylation sites is 1. The second-order valence-corrected chi connectivity index (χ2v) is 7.34. The number of phenols is 1. The Bertz CT molecular complexity index is 1130. The van der Waals surface area contributed by atoms with E-state index in [0.29, 0.717) is 29.9 Å². The summed E-state index contributed by atoms with van der Waals surface area (Å²) in [4.78, 5) is 35.7. The number of nitrogens with zero attached hydrogens (tertiary/aromatic N) is 4. The van der Waals surface area contributed by atoms with Gasteiger partial charge in [0.2, 0.25) is 0 Å². The van der Waals surface area contributed by atoms with Crippen LogP contribution in [0, 0.1) is 0 Å². The lowest BCUT2D eigenvalue weighted by molar-refractivity contribution is -0.155. The average molecular weight is 441 g/mol. The van der Waals surface area contributed by atoms with Gasteiger partial charge in [-0.2, -0.15) is 0 Å². The first-order valence-corrected chi connectivity index (χ1v) is 10.1. The number of aromatic nitrogens is 4. The van der Waals surface area contributed by atoms with E-state index < -0.39 is 30.4 Å². The van der Waals surface area contributed by atoms with Crippen LogP contribution < -0.4 is 5.32 Å². The quantitative estimate of drug-likeness (QED) is 0.523. The maximum Gasteiger partial charge on any atom is 0.303 e. The van der Waals surface area contributed by atoms with Crippen molar-refractivity contribution in [3.05, 3.63) is 42.5 Å². The van der Waals surface area contributed by atoms with Gasteiger partial charge in [-0.1, -0.05) is 18.2 Å². The van der Waals surface area contributed by atoms with Crippen LogP contribution in [0.1, 0.15) is 32.1 Å². The summed E-state index contributed by atoms with van der Waals surface area (Å²) in [7, 11) is 0. The molecule has 0 radical (unpaired) electrons. The summed E-state index contributed by atoms with van der Waals surface area (Å²) < 4.78 is 18.2. The van der Waals surface area contributed by atoms with Crippen LogP contribution in [0.15, 0.2) is 36.9 Å². The Balaban J connectivity index is 1.54. The summed E-state index contributed by atoms with van der Waals surface area (Å²) in [6, 6.07) is 7.02. The van der Waals surface area contributed by atoms with E-state index in [0.717, 1.165) is 5.56 Å². The van der Waals surface area contributed by atoms with Crippen LogP contribution in [0.5, 0.6) is 5.75 Å². The Kier molecular flexibility index (Phi) is 6.17. The molecule has 32 heavy (non-hydrogen) atoms. The molecule has 0 spiro atoms. The van der Waals surface area contributed by atoms with E-state index in [1.165, 1.54) is 20.2 Å². The first kappa shape index (κ1) is 21.5. The Morgan fingerprint density at radius 3 is 2.78 bits per heavy atom. The van der Waals surface area contributed by atoms with Crippen molar-refractivity contribution in [3.8, 4) is 5.75 Å². The number of ether oxygens (including phenoxy) is 3. The highest BCUT2D eigenvalue weighted by atomic mass is 16.6. The molecule has 2 N–H and O–H groups in total. The summed E-state index contributed by atoms with van der Waals surface area (Å²) >= 11 is 0. The minimum absolute atomic E-state index is 0.0290. The minimum Gasteiger partial charge on any atom is -0.508 e. The van der Waals surface area contributed by atoms with Crippen LogP contribution in [0.3, 0.4) is 0 Å². The molecule has 1 fully saturated rings. The van der Waals surface area contributed by atoms with Gasteiger partial charge >= 0.3 is 11.9 Å². The summed E-state index contributed by atoms with van der Waals surface area (Å²) in [6.45, 7) is 2.94. The zero-order valence-corrected chi connectivity index (χ0v) is 17.6. The number of carbonyl (C=O) groups is 2. The van der Waals surface area contributed by atoms with Gasteiger partial charge in [0.25, 0.3) is 0 Å². The number of imidazole rings is 1. The maximum absolute atomic E-state index is 11.5. The molecule has 11 nitrogen and oxygen atoms in total. The fourth-order valence-electron chi connectivity index (χ4n) is 3.59. The van der Waals surface area contributed by atoms with Gasteiger partial charge in [0.05, 0.1) is 6.33 Å². The Morgan fingerprint density at radius 1 is 1.22 bits per heavy atom. The number of phenolic OH excluding ortho intramolecular Hbond substituents is 1. The number of rotatable bonds is 7. The van der Waals surface area contributed by atoms with E-state index in [1.807, 2.05) is 12.1 Å². The van der Waals surface area contributed by atoms with E-state index in [9.17, 15) is 14.7 Å². The molecule has 1 saturated heterocycles. The lowest BCUT2D eigenvalue weighted by atomic mass is 10.2. The normalized spacial score (nSPS) is 20.2. The molecule has 0 saturated carbocycles. The van der Waals surface area contributed by atoms with Gasteiger partial charge in [-0.25, -0.2) is 15.0 Å². The van der Waals surface area contributed by atoms with E-state index in [2.05, 4.69) is 20.3 Å². The second-order valence-electron chi connectivity index (χ2n) is 7.34. The van der Waals surface area contributed by atoms with Crippen molar-refractivity contribution in [1.29, 1.82) is 0 Å². The molecule has 11 heteroatoms. The van der Waals surface area contributed by atoms with Gasteiger partial charge in [0, 0.05) is 32.4 Å². The first-order valence-electron chi connectivity index (χ1n) is 10.1. The van der Waals surface area contributed by atoms with E-state index in [1.54, 1.807) is 23.0 Å². The number of carbonyl (C=O) groups excluding carboxylic acids is 2. The fraction of sp³-hybridized carbons (Fsp3) is 0.381. The molecule has 1 aliphatic rings. The molecule has 0 unspecified atom stereocenters. The standard InChI is InChI=1S/C21H23N5O6/c1-12(27)30-9-17-16(31-13(2)28)7-18(32-17)26-11-25-19-20(23-10-24-21(19)26)22-8-14-5-3-4-6-15(14)29/h3-6,10-11,16-18,29H,7-9H2,1-2H3,(H,22,23,24)/t16-,17+,18+/m0/s1. The molecule has 0 aliphatic carbocycles. The Morgan fingerprint density at radius 2 is 2.03 bits per heavy atom. The molecule has 1 aromatic carbocycles. The molecule has 3 atom stereocenters. The van der Waals surface area contributed by atoms with E-state index >= 15 is 0 Å². The lowest BCUT2D eigenvalue weighted by Gasteiger charge is -2.17. The zero-order valence-electron chi connectivity index (χ0n) is 17.6. The van der Waals surface area contributed by atoms with Gasteiger partial charge in [0.15, 0.2) is 17.0 Å². The van der Waals surface area contributed by atoms with Crippen LogP contribution in [0.4, 0.5) is 5.82 Å². The van der Waals surface area contributed by atoms with Crippen molar-refractivity contribution in [2.75, 3.05) is 11.9 Å². The molecule has 3 aromatic rings. The Labute approximate surface area is 183 Å². The number of benzene rings is 1. The molecule has 3 heterocycles. The predicted molar refractivity (Wildman–Crippen MR) is 111 cm³/mol. The number of hydrogen-bond donors (Lipinski definition) is 2. The number of fused-ring (bicyclic) bond motifs is 1. The molecule has 4 rings (SSSR count). The SMILES string of the molecule is CC(=O)OC[C@H]1O[C@@H](n2cnc3c(NCc4ccccc4O)ncnc32)C[C@@H]1OC(C)=O. The monoisotopic (exact) mass is 441 g/mol. The van der Waals surface area contributed by atoms with Gasteiger partial charge in [-0.05, 0) is 6.07 Å². The summed E-state index contributed by atoms with van der Waals surface area (Å²) in [5.74, 6) is -0.200. The smallest absolute Gasteiger partial charge is 0.303 e. The van der Waals surface area contributed by atoms with Gasteiger partial charge in [0.1, 0.15) is 37.1 Å². The van der Waals surface area contributed by atoms with Crippen molar-refractivity contribution in [1.82, 2.24) is 19.5 Å². The maximum atomic E-state index is 11.5. The van der Waals surface area contributed by atoms with Crippen LogP contribution in [-0.4, -0.2) is 55.4 Å². The average Bonchev–Trinajstić information content (AvgIpc) is 3.35. The molecule has 168 valence electrons. The zero-order chi connectivity index (χ0) is 22.7. The van der Waals surface area contributed by atoms with Crippen molar-refractivity contribution in [3.63, 3.8) is 0 Å². The lowest BCUT2D eigenvalue weighted by Crippen LogP contribution is -2.31. The summed E-state index contributed by atoms with van der Waals surface area (Å²) in [6.07, 6.45) is 1.63. The largest absolute Gasteiger partial charge is 0.508 e. The molecule has 1 aliphatic heterocycles. The number of hydrogen-bond acceptors (Lipinski definition) is 10. The topological polar surface area (TPSA) is 138 Å². The van der Waals surface area contributed by atoms with Gasteiger partial charge < -0.3 is 24.6 Å². The van der Waals surface area contributed by atoms with Crippen LogP contribution >= 0.6 is 0 Å². The third-order valence-corrected chi connectivity index (χ3v) is 5.06. The van der Waals surface area contributed by atoms with Crippen molar-refractivity contribution in [2.24, 2.45) is 0 Å². The van der Waals surface area contributed by atoms with Crippen LogP contribution in [-0.2, 0) is 30.3 Å². The third kappa shape index (κ3) is 4.62. The number of anilines is 1. The van der Waals surface area contributed by atoms with E-state index in [-0.39, 0.29) is 12.4 Å². The molecular formula is C21H23N5O6. The highest BCUT2D eigenvalue weighted by Crippen LogP contribution is 2.33. The van der Waals surface area contributed by atoms with Crippen molar-refractivity contribution < 1.29 is 28.9 Å². The van der Waals surface area contributed by atoms with E-state index in [4.69, 9.17) is 14.2 Å².